The monoisotopic (exact) mass is 186 g/mol. The Labute approximate surface area is 79.3 Å². The van der Waals surface area contributed by atoms with E-state index >= 15 is 0 Å². The van der Waals surface area contributed by atoms with Crippen molar-refractivity contribution in [2.45, 2.75) is 63.9 Å². The highest BCUT2D eigenvalue weighted by Gasteiger charge is 2.54. The molecule has 4 atom stereocenters. The van der Waals surface area contributed by atoms with Crippen molar-refractivity contribution in [1.82, 2.24) is 0 Å². The van der Waals surface area contributed by atoms with Crippen molar-refractivity contribution in [3.8, 4) is 0 Å². The Bertz CT molecular complexity index is 154. The first-order valence-corrected chi connectivity index (χ1v) is 5.34. The van der Waals surface area contributed by atoms with E-state index in [0.717, 1.165) is 25.7 Å². The maximum Gasteiger partial charge on any atom is 0.122 e. The Kier molecular flexibility index (Phi) is 2.86. The number of ether oxygens (including phenoxy) is 1. The largest absolute Gasteiger partial charge is 0.364 e. The average Bonchev–Trinajstić information content (AvgIpc) is 2.89. The normalized spacial score (nSPS) is 42.9. The summed E-state index contributed by atoms with van der Waals surface area (Å²) in [6, 6.07) is 0. The zero-order valence-corrected chi connectivity index (χ0v) is 8.36. The second-order valence-electron chi connectivity index (χ2n) is 3.91. The van der Waals surface area contributed by atoms with Gasteiger partial charge in [0.2, 0.25) is 0 Å². The summed E-state index contributed by atoms with van der Waals surface area (Å²) in [5.74, 6) is 0. The molecule has 2 rings (SSSR count). The molecular formula is C10H18O3. The summed E-state index contributed by atoms with van der Waals surface area (Å²) < 4.78 is 5.56. The maximum atomic E-state index is 5.56. The SMILES string of the molecule is CCC[C@@H]1OO[C@H](CCC)[C@H]2O[C@H]21. The number of rotatable bonds is 4. The van der Waals surface area contributed by atoms with Crippen molar-refractivity contribution in [1.29, 1.82) is 0 Å². The van der Waals surface area contributed by atoms with Gasteiger partial charge in [-0.2, -0.15) is 0 Å². The molecule has 0 saturated carbocycles. The van der Waals surface area contributed by atoms with Crippen LogP contribution < -0.4 is 0 Å². The Morgan fingerprint density at radius 1 is 0.846 bits per heavy atom. The second-order valence-corrected chi connectivity index (χ2v) is 3.91. The molecule has 0 radical (unpaired) electrons. The number of hydrogen-bond donors (Lipinski definition) is 0. The molecule has 0 aromatic heterocycles. The molecule has 2 aliphatic rings. The van der Waals surface area contributed by atoms with Crippen LogP contribution in [0.4, 0.5) is 0 Å². The predicted octanol–water partition coefficient (Wildman–Crippen LogP) is 2.05. The molecular weight excluding hydrogens is 168 g/mol. The van der Waals surface area contributed by atoms with Crippen LogP contribution in [0, 0.1) is 0 Å². The fourth-order valence-corrected chi connectivity index (χ4v) is 1.98. The highest BCUT2D eigenvalue weighted by atomic mass is 17.2. The molecule has 0 unspecified atom stereocenters. The first kappa shape index (κ1) is 9.44. The Balaban J connectivity index is 1.81. The molecule has 0 N–H and O–H groups in total. The van der Waals surface area contributed by atoms with Crippen LogP contribution in [0.1, 0.15) is 39.5 Å². The van der Waals surface area contributed by atoms with Crippen LogP contribution in [0.3, 0.4) is 0 Å². The average molecular weight is 186 g/mol. The van der Waals surface area contributed by atoms with E-state index in [1.165, 1.54) is 0 Å². The minimum atomic E-state index is 0.183. The fraction of sp³-hybridized carbons (Fsp3) is 1.00. The molecule has 0 amide bonds. The third-order valence-electron chi connectivity index (χ3n) is 2.74. The molecule has 0 aliphatic carbocycles. The Morgan fingerprint density at radius 3 is 1.69 bits per heavy atom. The minimum Gasteiger partial charge on any atom is -0.364 e. The van der Waals surface area contributed by atoms with Gasteiger partial charge in [0.05, 0.1) is 0 Å². The quantitative estimate of drug-likeness (QED) is 0.497. The lowest BCUT2D eigenvalue weighted by Crippen LogP contribution is -2.35. The molecule has 76 valence electrons. The summed E-state index contributed by atoms with van der Waals surface area (Å²) >= 11 is 0. The fourth-order valence-electron chi connectivity index (χ4n) is 1.98. The van der Waals surface area contributed by atoms with E-state index in [1.54, 1.807) is 0 Å². The second kappa shape index (κ2) is 3.95. The highest BCUT2D eigenvalue weighted by molar-refractivity contribution is 4.97. The van der Waals surface area contributed by atoms with Crippen LogP contribution in [0.25, 0.3) is 0 Å². The van der Waals surface area contributed by atoms with E-state index < -0.39 is 0 Å². The summed E-state index contributed by atoms with van der Waals surface area (Å²) in [5.41, 5.74) is 0. The van der Waals surface area contributed by atoms with E-state index in [2.05, 4.69) is 13.8 Å². The standard InChI is InChI=1S/C10H18O3/c1-3-5-7-9-10(11-9)8(6-4-2)13-12-7/h7-10H,3-6H2,1-2H3/t7-,8+,9-,10+. The lowest BCUT2D eigenvalue weighted by molar-refractivity contribution is -0.365. The van der Waals surface area contributed by atoms with Gasteiger partial charge in [-0.25, -0.2) is 9.78 Å². The molecule has 0 spiro atoms. The Morgan fingerprint density at radius 2 is 1.31 bits per heavy atom. The van der Waals surface area contributed by atoms with Gasteiger partial charge in [-0.15, -0.1) is 0 Å². The first-order chi connectivity index (χ1) is 6.36. The molecule has 0 aromatic carbocycles. The van der Waals surface area contributed by atoms with E-state index in [4.69, 9.17) is 14.5 Å². The van der Waals surface area contributed by atoms with Crippen LogP contribution in [0.2, 0.25) is 0 Å². The molecule has 2 aliphatic heterocycles. The van der Waals surface area contributed by atoms with Crippen molar-refractivity contribution < 1.29 is 14.5 Å². The lowest BCUT2D eigenvalue weighted by Gasteiger charge is -2.23. The molecule has 0 aromatic rings. The van der Waals surface area contributed by atoms with Gasteiger partial charge in [0.1, 0.15) is 24.4 Å². The van der Waals surface area contributed by atoms with Crippen LogP contribution in [0.15, 0.2) is 0 Å². The van der Waals surface area contributed by atoms with Gasteiger partial charge < -0.3 is 4.74 Å². The highest BCUT2D eigenvalue weighted by Crippen LogP contribution is 2.39. The molecule has 13 heavy (non-hydrogen) atoms. The molecule has 2 saturated heterocycles. The van der Waals surface area contributed by atoms with Crippen molar-refractivity contribution in [2.75, 3.05) is 0 Å². The Hall–Kier alpha value is -0.120. The van der Waals surface area contributed by atoms with Gasteiger partial charge in [-0.1, -0.05) is 26.7 Å². The summed E-state index contributed by atoms with van der Waals surface area (Å²) in [5, 5.41) is 0. The predicted molar refractivity (Wildman–Crippen MR) is 48.2 cm³/mol. The first-order valence-electron chi connectivity index (χ1n) is 5.34. The van der Waals surface area contributed by atoms with E-state index in [-0.39, 0.29) is 12.2 Å². The van der Waals surface area contributed by atoms with E-state index in [9.17, 15) is 0 Å². The van der Waals surface area contributed by atoms with Crippen molar-refractivity contribution >= 4 is 0 Å². The third kappa shape index (κ3) is 1.87. The summed E-state index contributed by atoms with van der Waals surface area (Å²) in [6.07, 6.45) is 5.35. The summed E-state index contributed by atoms with van der Waals surface area (Å²) in [6.45, 7) is 4.30. The lowest BCUT2D eigenvalue weighted by atomic mass is 10.0. The van der Waals surface area contributed by atoms with Gasteiger partial charge in [0.25, 0.3) is 0 Å². The number of hydrogen-bond acceptors (Lipinski definition) is 3. The third-order valence-corrected chi connectivity index (χ3v) is 2.74. The summed E-state index contributed by atoms with van der Waals surface area (Å²) in [7, 11) is 0. The zero-order chi connectivity index (χ0) is 9.26. The number of fused-ring (bicyclic) bond motifs is 1. The number of epoxide rings is 1. The summed E-state index contributed by atoms with van der Waals surface area (Å²) in [4.78, 5) is 10.6. The molecule has 0 bridgehead atoms. The van der Waals surface area contributed by atoms with Gasteiger partial charge in [0, 0.05) is 0 Å². The zero-order valence-electron chi connectivity index (χ0n) is 8.36. The molecule has 2 heterocycles. The topological polar surface area (TPSA) is 31.0 Å². The van der Waals surface area contributed by atoms with Crippen molar-refractivity contribution in [3.63, 3.8) is 0 Å². The van der Waals surface area contributed by atoms with Crippen LogP contribution in [-0.2, 0) is 14.5 Å². The van der Waals surface area contributed by atoms with Crippen LogP contribution in [0.5, 0.6) is 0 Å². The van der Waals surface area contributed by atoms with E-state index in [1.807, 2.05) is 0 Å². The van der Waals surface area contributed by atoms with Gasteiger partial charge in [-0.3, -0.25) is 0 Å². The smallest absolute Gasteiger partial charge is 0.122 e. The van der Waals surface area contributed by atoms with Gasteiger partial charge in [-0.05, 0) is 12.8 Å². The van der Waals surface area contributed by atoms with Crippen molar-refractivity contribution in [2.24, 2.45) is 0 Å². The van der Waals surface area contributed by atoms with Crippen LogP contribution >= 0.6 is 0 Å². The molecule has 2 fully saturated rings. The van der Waals surface area contributed by atoms with E-state index in [0.29, 0.717) is 12.2 Å². The van der Waals surface area contributed by atoms with Crippen LogP contribution in [-0.4, -0.2) is 24.4 Å². The molecule has 3 heteroatoms. The molecule has 3 nitrogen and oxygen atoms in total. The van der Waals surface area contributed by atoms with Gasteiger partial charge >= 0.3 is 0 Å². The van der Waals surface area contributed by atoms with Gasteiger partial charge in [0.15, 0.2) is 0 Å². The maximum absolute atomic E-state index is 5.56. The minimum absolute atomic E-state index is 0.183. The van der Waals surface area contributed by atoms with Crippen molar-refractivity contribution in [3.05, 3.63) is 0 Å².